The summed E-state index contributed by atoms with van der Waals surface area (Å²) in [6.45, 7) is 4.71. The summed E-state index contributed by atoms with van der Waals surface area (Å²) in [6, 6.07) is 7.39. The van der Waals surface area contributed by atoms with Gasteiger partial charge in [-0.1, -0.05) is 17.7 Å². The smallest absolute Gasteiger partial charge is 0.129 e. The Kier molecular flexibility index (Phi) is 5.20. The lowest BCUT2D eigenvalue weighted by Crippen LogP contribution is -2.45. The number of pyridine rings is 1. The van der Waals surface area contributed by atoms with E-state index >= 15 is 0 Å². The highest BCUT2D eigenvalue weighted by Gasteiger charge is 2.18. The summed E-state index contributed by atoms with van der Waals surface area (Å²) in [6.07, 6.45) is 1.79. The van der Waals surface area contributed by atoms with E-state index in [0.29, 0.717) is 17.3 Å². The first-order chi connectivity index (χ1) is 11.1. The van der Waals surface area contributed by atoms with Crippen molar-refractivity contribution in [1.29, 1.82) is 0 Å². The van der Waals surface area contributed by atoms with E-state index in [2.05, 4.69) is 14.8 Å². The van der Waals surface area contributed by atoms with Crippen molar-refractivity contribution in [2.24, 2.45) is 0 Å². The van der Waals surface area contributed by atoms with Crippen LogP contribution in [0.15, 0.2) is 36.5 Å². The molecule has 0 N–H and O–H groups in total. The lowest BCUT2D eigenvalue weighted by molar-refractivity contribution is 0.121. The molecule has 0 bridgehead atoms. The van der Waals surface area contributed by atoms with Crippen LogP contribution in [0, 0.1) is 11.6 Å². The molecular formula is C17H18ClF2N3. The molecule has 0 saturated carbocycles. The molecule has 1 fully saturated rings. The largest absolute Gasteiger partial charge is 0.296 e. The van der Waals surface area contributed by atoms with Crippen LogP contribution >= 0.6 is 11.6 Å². The molecule has 1 aromatic heterocycles. The van der Waals surface area contributed by atoms with Crippen LogP contribution < -0.4 is 0 Å². The summed E-state index contributed by atoms with van der Waals surface area (Å²) < 4.78 is 26.9. The minimum Gasteiger partial charge on any atom is -0.296 e. The highest BCUT2D eigenvalue weighted by molar-refractivity contribution is 6.29. The van der Waals surface area contributed by atoms with Gasteiger partial charge in [0.25, 0.3) is 0 Å². The van der Waals surface area contributed by atoms with Crippen LogP contribution in [0.1, 0.15) is 11.1 Å². The molecule has 122 valence electrons. The van der Waals surface area contributed by atoms with Crippen molar-refractivity contribution in [3.05, 3.63) is 64.4 Å². The molecule has 2 heterocycles. The number of piperazine rings is 1. The number of rotatable bonds is 4. The van der Waals surface area contributed by atoms with Gasteiger partial charge in [0.2, 0.25) is 0 Å². The predicted octanol–water partition coefficient (Wildman–Crippen LogP) is 3.33. The molecule has 3 rings (SSSR count). The van der Waals surface area contributed by atoms with Crippen molar-refractivity contribution in [3.8, 4) is 0 Å². The van der Waals surface area contributed by atoms with Crippen LogP contribution in [0.25, 0.3) is 0 Å². The molecule has 3 nitrogen and oxygen atoms in total. The minimum atomic E-state index is -0.393. The summed E-state index contributed by atoms with van der Waals surface area (Å²) >= 11 is 5.79. The summed E-state index contributed by atoms with van der Waals surface area (Å²) in [5.74, 6) is -0.739. The van der Waals surface area contributed by atoms with Gasteiger partial charge in [-0.15, -0.1) is 0 Å². The monoisotopic (exact) mass is 337 g/mol. The van der Waals surface area contributed by atoms with E-state index in [-0.39, 0.29) is 5.82 Å². The van der Waals surface area contributed by atoms with E-state index in [9.17, 15) is 8.78 Å². The SMILES string of the molecule is Fc1ccc(F)c(CN2CCN(Cc3ccc(Cl)nc3)CC2)c1. The molecule has 0 amide bonds. The average Bonchev–Trinajstić information content (AvgIpc) is 2.55. The average molecular weight is 338 g/mol. The van der Waals surface area contributed by atoms with Crippen LogP contribution in [0.3, 0.4) is 0 Å². The molecular weight excluding hydrogens is 320 g/mol. The zero-order chi connectivity index (χ0) is 16.2. The maximum Gasteiger partial charge on any atom is 0.129 e. The normalized spacial score (nSPS) is 16.7. The second kappa shape index (κ2) is 7.34. The van der Waals surface area contributed by atoms with Crippen molar-refractivity contribution in [3.63, 3.8) is 0 Å². The van der Waals surface area contributed by atoms with Crippen LogP contribution in [0.5, 0.6) is 0 Å². The molecule has 1 saturated heterocycles. The fourth-order valence-corrected chi connectivity index (χ4v) is 2.88. The molecule has 0 unspecified atom stereocenters. The Hall–Kier alpha value is -1.56. The summed E-state index contributed by atoms with van der Waals surface area (Å²) in [5.41, 5.74) is 1.54. The van der Waals surface area contributed by atoms with Gasteiger partial charge in [-0.3, -0.25) is 9.80 Å². The van der Waals surface area contributed by atoms with E-state index in [0.717, 1.165) is 44.4 Å². The third kappa shape index (κ3) is 4.47. The number of hydrogen-bond donors (Lipinski definition) is 0. The number of halogens is 3. The lowest BCUT2D eigenvalue weighted by Gasteiger charge is -2.34. The van der Waals surface area contributed by atoms with E-state index in [4.69, 9.17) is 11.6 Å². The maximum absolute atomic E-state index is 13.7. The van der Waals surface area contributed by atoms with E-state index < -0.39 is 5.82 Å². The van der Waals surface area contributed by atoms with Gasteiger partial charge in [0, 0.05) is 51.0 Å². The summed E-state index contributed by atoms with van der Waals surface area (Å²) in [4.78, 5) is 8.55. The topological polar surface area (TPSA) is 19.4 Å². The summed E-state index contributed by atoms with van der Waals surface area (Å²) in [7, 11) is 0. The first kappa shape index (κ1) is 16.3. The molecule has 0 atom stereocenters. The maximum atomic E-state index is 13.7. The van der Waals surface area contributed by atoms with Gasteiger partial charge in [0.1, 0.15) is 16.8 Å². The number of nitrogens with zero attached hydrogens (tertiary/aromatic N) is 3. The van der Waals surface area contributed by atoms with Crippen LogP contribution in [-0.4, -0.2) is 41.0 Å². The van der Waals surface area contributed by atoms with E-state index in [1.54, 1.807) is 12.3 Å². The Morgan fingerprint density at radius 2 is 1.65 bits per heavy atom. The Morgan fingerprint density at radius 3 is 2.30 bits per heavy atom. The molecule has 1 aliphatic rings. The fraction of sp³-hybridized carbons (Fsp3) is 0.353. The molecule has 0 radical (unpaired) electrons. The third-order valence-corrected chi connectivity index (χ3v) is 4.29. The van der Waals surface area contributed by atoms with Gasteiger partial charge in [-0.25, -0.2) is 13.8 Å². The highest BCUT2D eigenvalue weighted by atomic mass is 35.5. The van der Waals surface area contributed by atoms with Crippen molar-refractivity contribution in [2.45, 2.75) is 13.1 Å². The molecule has 1 aromatic carbocycles. The molecule has 6 heteroatoms. The van der Waals surface area contributed by atoms with Crippen molar-refractivity contribution < 1.29 is 8.78 Å². The van der Waals surface area contributed by atoms with Gasteiger partial charge in [0.05, 0.1) is 0 Å². The summed E-state index contributed by atoms with van der Waals surface area (Å²) in [5, 5.41) is 0.496. The molecule has 2 aromatic rings. The second-order valence-corrected chi connectivity index (χ2v) is 6.16. The number of benzene rings is 1. The fourth-order valence-electron chi connectivity index (χ4n) is 2.77. The van der Waals surface area contributed by atoms with Gasteiger partial charge in [0.15, 0.2) is 0 Å². The van der Waals surface area contributed by atoms with E-state index in [1.807, 2.05) is 6.07 Å². The Morgan fingerprint density at radius 1 is 0.957 bits per heavy atom. The Balaban J connectivity index is 1.52. The quantitative estimate of drug-likeness (QED) is 0.798. The highest BCUT2D eigenvalue weighted by Crippen LogP contribution is 2.15. The van der Waals surface area contributed by atoms with Gasteiger partial charge in [-0.2, -0.15) is 0 Å². The van der Waals surface area contributed by atoms with Crippen LogP contribution in [0.2, 0.25) is 5.15 Å². The third-order valence-electron chi connectivity index (χ3n) is 4.06. The first-order valence-corrected chi connectivity index (χ1v) is 7.97. The molecule has 1 aliphatic heterocycles. The Labute approximate surface area is 139 Å². The van der Waals surface area contributed by atoms with Gasteiger partial charge < -0.3 is 0 Å². The molecule has 0 aliphatic carbocycles. The predicted molar refractivity (Wildman–Crippen MR) is 86.2 cm³/mol. The van der Waals surface area contributed by atoms with Crippen molar-refractivity contribution >= 4 is 11.6 Å². The number of hydrogen-bond acceptors (Lipinski definition) is 3. The first-order valence-electron chi connectivity index (χ1n) is 7.59. The number of aromatic nitrogens is 1. The second-order valence-electron chi connectivity index (χ2n) is 5.78. The Bertz CT molecular complexity index is 655. The minimum absolute atomic E-state index is 0.346. The van der Waals surface area contributed by atoms with E-state index in [1.165, 1.54) is 12.1 Å². The van der Waals surface area contributed by atoms with Crippen LogP contribution in [0.4, 0.5) is 8.78 Å². The molecule has 23 heavy (non-hydrogen) atoms. The lowest BCUT2D eigenvalue weighted by atomic mass is 10.1. The van der Waals surface area contributed by atoms with Crippen molar-refractivity contribution in [1.82, 2.24) is 14.8 Å². The standard InChI is InChI=1S/C17H18ClF2N3/c18-17-4-1-13(10-21-17)11-22-5-7-23(8-6-22)12-14-9-15(19)2-3-16(14)20/h1-4,9-10H,5-8,11-12H2. The van der Waals surface area contributed by atoms with Crippen LogP contribution in [-0.2, 0) is 13.1 Å². The zero-order valence-electron chi connectivity index (χ0n) is 12.7. The van der Waals surface area contributed by atoms with Crippen molar-refractivity contribution in [2.75, 3.05) is 26.2 Å². The molecule has 0 spiro atoms. The zero-order valence-corrected chi connectivity index (χ0v) is 13.4. The van der Waals surface area contributed by atoms with Gasteiger partial charge in [-0.05, 0) is 29.8 Å². The van der Waals surface area contributed by atoms with Gasteiger partial charge >= 0.3 is 0 Å².